The van der Waals surface area contributed by atoms with Gasteiger partial charge >= 0.3 is 5.69 Å². The van der Waals surface area contributed by atoms with Crippen LogP contribution in [0.4, 0.5) is 11.4 Å². The molecule has 0 bridgehead atoms. The summed E-state index contributed by atoms with van der Waals surface area (Å²) < 4.78 is 10.8. The number of nitro groups is 1. The van der Waals surface area contributed by atoms with E-state index >= 15 is 0 Å². The molecular formula is C14H20N2O4. The molecule has 1 aliphatic heterocycles. The Morgan fingerprint density at radius 3 is 3.00 bits per heavy atom. The third kappa shape index (κ3) is 3.60. The lowest BCUT2D eigenvalue weighted by atomic mass is 10.0. The van der Waals surface area contributed by atoms with Gasteiger partial charge in [-0.3, -0.25) is 10.1 Å². The summed E-state index contributed by atoms with van der Waals surface area (Å²) in [6.07, 6.45) is 2.11. The van der Waals surface area contributed by atoms with Crippen LogP contribution in [0.25, 0.3) is 0 Å². The van der Waals surface area contributed by atoms with Crippen molar-refractivity contribution in [1.29, 1.82) is 0 Å². The van der Waals surface area contributed by atoms with Gasteiger partial charge in [0, 0.05) is 30.5 Å². The minimum Gasteiger partial charge on any atom is -0.487 e. The molecule has 1 aromatic rings. The minimum absolute atomic E-state index is 0.00209. The first-order valence-corrected chi connectivity index (χ1v) is 6.89. The molecule has 2 unspecified atom stereocenters. The van der Waals surface area contributed by atoms with Crippen molar-refractivity contribution in [2.75, 3.05) is 18.5 Å². The van der Waals surface area contributed by atoms with Gasteiger partial charge in [0.05, 0.1) is 17.6 Å². The molecule has 0 aromatic heterocycles. The first-order valence-electron chi connectivity index (χ1n) is 6.89. The Balaban J connectivity index is 2.11. The second-order valence-electron chi connectivity index (χ2n) is 4.92. The fraction of sp³-hybridized carbons (Fsp3) is 0.571. The smallest absolute Gasteiger partial charge is 0.311 e. The molecule has 2 atom stereocenters. The van der Waals surface area contributed by atoms with Gasteiger partial charge < -0.3 is 14.8 Å². The van der Waals surface area contributed by atoms with E-state index in [9.17, 15) is 10.1 Å². The van der Waals surface area contributed by atoms with E-state index < -0.39 is 4.92 Å². The molecule has 1 N–H and O–H groups in total. The van der Waals surface area contributed by atoms with Crippen LogP contribution in [0.2, 0.25) is 0 Å². The quantitative estimate of drug-likeness (QED) is 0.663. The van der Waals surface area contributed by atoms with Crippen molar-refractivity contribution >= 4 is 11.4 Å². The number of hydrogen-bond acceptors (Lipinski definition) is 5. The molecule has 0 aliphatic carbocycles. The summed E-state index contributed by atoms with van der Waals surface area (Å²) in [5.74, 6) is 0.308. The van der Waals surface area contributed by atoms with Crippen molar-refractivity contribution in [3.8, 4) is 5.75 Å². The van der Waals surface area contributed by atoms with E-state index in [1.54, 1.807) is 12.1 Å². The number of nitro benzene ring substituents is 1. The zero-order chi connectivity index (χ0) is 14.5. The summed E-state index contributed by atoms with van der Waals surface area (Å²) in [6, 6.07) is 5.23. The number of hydrogen-bond donors (Lipinski definition) is 1. The zero-order valence-corrected chi connectivity index (χ0v) is 11.8. The largest absolute Gasteiger partial charge is 0.487 e. The summed E-state index contributed by atoms with van der Waals surface area (Å²) in [4.78, 5) is 10.5. The molecule has 1 heterocycles. The number of benzene rings is 1. The van der Waals surface area contributed by atoms with Gasteiger partial charge in [0.1, 0.15) is 0 Å². The fourth-order valence-corrected chi connectivity index (χ4v) is 2.39. The molecule has 2 rings (SSSR count). The van der Waals surface area contributed by atoms with Gasteiger partial charge in [-0.2, -0.15) is 0 Å². The highest BCUT2D eigenvalue weighted by molar-refractivity contribution is 5.58. The summed E-state index contributed by atoms with van der Waals surface area (Å²) in [7, 11) is 0. The van der Waals surface area contributed by atoms with Crippen molar-refractivity contribution in [2.24, 2.45) is 0 Å². The molecule has 0 amide bonds. The lowest BCUT2D eigenvalue weighted by Gasteiger charge is -2.28. The maximum Gasteiger partial charge on any atom is 0.311 e. The molecule has 1 aliphatic rings. The molecule has 6 heteroatoms. The number of ether oxygens (including phenoxy) is 2. The van der Waals surface area contributed by atoms with Crippen LogP contribution in [0.1, 0.15) is 26.7 Å². The van der Waals surface area contributed by atoms with Crippen LogP contribution in [0, 0.1) is 10.1 Å². The zero-order valence-electron chi connectivity index (χ0n) is 11.8. The van der Waals surface area contributed by atoms with Crippen LogP contribution in [0.15, 0.2) is 18.2 Å². The highest BCUT2D eigenvalue weighted by Gasteiger charge is 2.21. The Morgan fingerprint density at radius 2 is 2.35 bits per heavy atom. The van der Waals surface area contributed by atoms with Gasteiger partial charge in [0.25, 0.3) is 0 Å². The van der Waals surface area contributed by atoms with Gasteiger partial charge in [-0.15, -0.1) is 0 Å². The van der Waals surface area contributed by atoms with Crippen LogP contribution < -0.4 is 10.1 Å². The summed E-state index contributed by atoms with van der Waals surface area (Å²) in [5.41, 5.74) is 0.843. The second kappa shape index (κ2) is 6.56. The molecule has 110 valence electrons. The Hall–Kier alpha value is -1.82. The van der Waals surface area contributed by atoms with E-state index in [0.717, 1.165) is 25.1 Å². The monoisotopic (exact) mass is 280 g/mol. The first-order chi connectivity index (χ1) is 9.60. The summed E-state index contributed by atoms with van der Waals surface area (Å²) in [6.45, 7) is 5.00. The van der Waals surface area contributed by atoms with Gasteiger partial charge in [-0.05, 0) is 32.8 Å². The number of nitrogens with one attached hydrogen (secondary N) is 1. The number of nitrogens with zero attached hydrogens (tertiary/aromatic N) is 1. The molecule has 1 saturated heterocycles. The Labute approximate surface area is 118 Å². The molecule has 0 spiro atoms. The minimum atomic E-state index is -0.425. The van der Waals surface area contributed by atoms with Gasteiger partial charge in [-0.25, -0.2) is 0 Å². The van der Waals surface area contributed by atoms with E-state index in [4.69, 9.17) is 9.47 Å². The third-order valence-corrected chi connectivity index (χ3v) is 3.31. The molecule has 6 nitrogen and oxygen atoms in total. The standard InChI is InChI=1S/C14H20N2O4/c1-3-19-14-9-11(4-5-13(14)16(17)18)15-12-6-7-20-10(2)8-12/h4-5,9-10,12,15H,3,6-8H2,1-2H3. The van der Waals surface area contributed by atoms with E-state index in [2.05, 4.69) is 12.2 Å². The third-order valence-electron chi connectivity index (χ3n) is 3.31. The van der Waals surface area contributed by atoms with E-state index in [0.29, 0.717) is 18.4 Å². The van der Waals surface area contributed by atoms with E-state index in [-0.39, 0.29) is 11.8 Å². The normalized spacial score (nSPS) is 22.3. The lowest BCUT2D eigenvalue weighted by Crippen LogP contribution is -2.32. The Kier molecular flexibility index (Phi) is 4.79. The molecule has 1 fully saturated rings. The number of anilines is 1. The Morgan fingerprint density at radius 1 is 1.55 bits per heavy atom. The van der Waals surface area contributed by atoms with Crippen LogP contribution in [0.3, 0.4) is 0 Å². The van der Waals surface area contributed by atoms with Crippen molar-refractivity contribution in [3.63, 3.8) is 0 Å². The molecule has 1 aromatic carbocycles. The van der Waals surface area contributed by atoms with Crippen molar-refractivity contribution < 1.29 is 14.4 Å². The second-order valence-corrected chi connectivity index (χ2v) is 4.92. The van der Waals surface area contributed by atoms with Crippen LogP contribution in [0.5, 0.6) is 5.75 Å². The van der Waals surface area contributed by atoms with Crippen LogP contribution >= 0.6 is 0 Å². The van der Waals surface area contributed by atoms with Crippen LogP contribution in [-0.4, -0.2) is 30.3 Å². The summed E-state index contributed by atoms with van der Waals surface area (Å²) in [5, 5.41) is 14.3. The van der Waals surface area contributed by atoms with Crippen LogP contribution in [-0.2, 0) is 4.74 Å². The SMILES string of the molecule is CCOc1cc(NC2CCOC(C)C2)ccc1[N+](=O)[O-]. The topological polar surface area (TPSA) is 73.6 Å². The van der Waals surface area contributed by atoms with Gasteiger partial charge in [-0.1, -0.05) is 0 Å². The average Bonchev–Trinajstić information content (AvgIpc) is 2.39. The maximum atomic E-state index is 10.9. The van der Waals surface area contributed by atoms with Crippen molar-refractivity contribution in [3.05, 3.63) is 28.3 Å². The Bertz CT molecular complexity index is 478. The van der Waals surface area contributed by atoms with Crippen molar-refractivity contribution in [2.45, 2.75) is 38.8 Å². The van der Waals surface area contributed by atoms with E-state index in [1.165, 1.54) is 6.07 Å². The molecular weight excluding hydrogens is 260 g/mol. The highest BCUT2D eigenvalue weighted by Crippen LogP contribution is 2.31. The predicted molar refractivity (Wildman–Crippen MR) is 76.3 cm³/mol. The average molecular weight is 280 g/mol. The van der Waals surface area contributed by atoms with Gasteiger partial charge in [0.15, 0.2) is 5.75 Å². The molecule has 20 heavy (non-hydrogen) atoms. The maximum absolute atomic E-state index is 10.9. The predicted octanol–water partition coefficient (Wildman–Crippen LogP) is 2.97. The van der Waals surface area contributed by atoms with Crippen molar-refractivity contribution in [1.82, 2.24) is 0 Å². The van der Waals surface area contributed by atoms with E-state index in [1.807, 2.05) is 6.92 Å². The first kappa shape index (κ1) is 14.6. The van der Waals surface area contributed by atoms with Gasteiger partial charge in [0.2, 0.25) is 0 Å². The highest BCUT2D eigenvalue weighted by atomic mass is 16.6. The molecule has 0 radical (unpaired) electrons. The lowest BCUT2D eigenvalue weighted by molar-refractivity contribution is -0.385. The number of rotatable bonds is 5. The molecule has 0 saturated carbocycles. The fourth-order valence-electron chi connectivity index (χ4n) is 2.39. The summed E-state index contributed by atoms with van der Waals surface area (Å²) >= 11 is 0.